The smallest absolute Gasteiger partial charge is 0.338 e. The first-order chi connectivity index (χ1) is 14.1. The SMILES string of the molecule is CCOC(=O)c1ccc(NC(=O)[C@H]2CCCN(c3ccc4nncn4n3)C2)cc1. The van der Waals surface area contributed by atoms with Crippen molar-refractivity contribution in [2.75, 3.05) is 29.9 Å². The van der Waals surface area contributed by atoms with E-state index in [0.29, 0.717) is 30.0 Å². The fourth-order valence-electron chi connectivity index (χ4n) is 3.43. The number of ether oxygens (including phenoxy) is 1. The number of benzene rings is 1. The van der Waals surface area contributed by atoms with E-state index >= 15 is 0 Å². The summed E-state index contributed by atoms with van der Waals surface area (Å²) in [6.07, 6.45) is 3.28. The van der Waals surface area contributed by atoms with Crippen molar-refractivity contribution in [1.29, 1.82) is 0 Å². The van der Waals surface area contributed by atoms with Crippen LogP contribution in [0.1, 0.15) is 30.1 Å². The Balaban J connectivity index is 1.40. The summed E-state index contributed by atoms with van der Waals surface area (Å²) in [5, 5.41) is 15.3. The zero-order valence-corrected chi connectivity index (χ0v) is 16.1. The summed E-state index contributed by atoms with van der Waals surface area (Å²) in [4.78, 5) is 26.6. The van der Waals surface area contributed by atoms with Crippen LogP contribution in [-0.2, 0) is 9.53 Å². The Morgan fingerprint density at radius 3 is 2.83 bits per heavy atom. The topological polar surface area (TPSA) is 102 Å². The third-order valence-corrected chi connectivity index (χ3v) is 4.93. The van der Waals surface area contributed by atoms with Crippen LogP contribution in [0.4, 0.5) is 11.5 Å². The molecule has 9 nitrogen and oxygen atoms in total. The van der Waals surface area contributed by atoms with Gasteiger partial charge in [0.05, 0.1) is 18.1 Å². The molecule has 1 amide bonds. The molecule has 1 saturated heterocycles. The lowest BCUT2D eigenvalue weighted by Crippen LogP contribution is -2.41. The van der Waals surface area contributed by atoms with E-state index < -0.39 is 0 Å². The molecule has 2 aromatic heterocycles. The van der Waals surface area contributed by atoms with Gasteiger partial charge in [0.25, 0.3) is 0 Å². The Kier molecular flexibility index (Phi) is 5.37. The van der Waals surface area contributed by atoms with E-state index in [0.717, 1.165) is 25.2 Å². The van der Waals surface area contributed by atoms with Crippen LogP contribution in [0.5, 0.6) is 0 Å². The first-order valence-corrected chi connectivity index (χ1v) is 9.64. The maximum atomic E-state index is 12.8. The van der Waals surface area contributed by atoms with Crippen LogP contribution in [0, 0.1) is 5.92 Å². The van der Waals surface area contributed by atoms with Gasteiger partial charge in [0, 0.05) is 18.8 Å². The Labute approximate surface area is 167 Å². The quantitative estimate of drug-likeness (QED) is 0.662. The number of hydrogen-bond donors (Lipinski definition) is 1. The van der Waals surface area contributed by atoms with Gasteiger partial charge in [-0.25, -0.2) is 4.79 Å². The van der Waals surface area contributed by atoms with Gasteiger partial charge >= 0.3 is 5.97 Å². The summed E-state index contributed by atoms with van der Waals surface area (Å²) in [6.45, 7) is 3.53. The number of anilines is 2. The van der Waals surface area contributed by atoms with E-state index in [1.807, 2.05) is 12.1 Å². The van der Waals surface area contributed by atoms with Gasteiger partial charge < -0.3 is 15.0 Å². The van der Waals surface area contributed by atoms with Gasteiger partial charge in [-0.1, -0.05) is 0 Å². The molecule has 1 aliphatic rings. The minimum atomic E-state index is -0.370. The van der Waals surface area contributed by atoms with Crippen molar-refractivity contribution < 1.29 is 14.3 Å². The van der Waals surface area contributed by atoms with Gasteiger partial charge in [0.2, 0.25) is 5.91 Å². The Hall–Kier alpha value is -3.49. The fraction of sp³-hybridized carbons (Fsp3) is 0.350. The van der Waals surface area contributed by atoms with Crippen molar-refractivity contribution >= 4 is 29.0 Å². The maximum Gasteiger partial charge on any atom is 0.338 e. The molecule has 1 N–H and O–H groups in total. The molecular weight excluding hydrogens is 372 g/mol. The van der Waals surface area contributed by atoms with E-state index in [1.54, 1.807) is 42.0 Å². The summed E-state index contributed by atoms with van der Waals surface area (Å²) in [6, 6.07) is 10.5. The highest BCUT2D eigenvalue weighted by atomic mass is 16.5. The molecule has 0 spiro atoms. The van der Waals surface area contributed by atoms with Crippen LogP contribution in [0.2, 0.25) is 0 Å². The first kappa shape index (κ1) is 18.9. The summed E-state index contributed by atoms with van der Waals surface area (Å²) in [5.74, 6) is 0.246. The van der Waals surface area contributed by atoms with E-state index in [-0.39, 0.29) is 17.8 Å². The number of aromatic nitrogens is 4. The molecule has 1 aliphatic heterocycles. The first-order valence-electron chi connectivity index (χ1n) is 9.64. The second kappa shape index (κ2) is 8.26. The summed E-state index contributed by atoms with van der Waals surface area (Å²) in [7, 11) is 0. The second-order valence-electron chi connectivity index (χ2n) is 6.90. The lowest BCUT2D eigenvalue weighted by molar-refractivity contribution is -0.120. The minimum Gasteiger partial charge on any atom is -0.462 e. The third-order valence-electron chi connectivity index (χ3n) is 4.93. The number of carbonyl (C=O) groups is 2. The highest BCUT2D eigenvalue weighted by molar-refractivity contribution is 5.94. The number of piperidine rings is 1. The standard InChI is InChI=1S/C20H22N6O3/c1-2-29-20(28)14-5-7-16(8-6-14)22-19(27)15-4-3-11-25(12-15)18-10-9-17-23-21-13-26(17)24-18/h5-10,13,15H,2-4,11-12H2,1H3,(H,22,27)/t15-/m0/s1. The second-order valence-corrected chi connectivity index (χ2v) is 6.90. The van der Waals surface area contributed by atoms with Crippen molar-refractivity contribution in [1.82, 2.24) is 19.8 Å². The number of carbonyl (C=O) groups excluding carboxylic acids is 2. The number of esters is 1. The van der Waals surface area contributed by atoms with Gasteiger partial charge in [0.1, 0.15) is 12.1 Å². The number of rotatable bonds is 5. The van der Waals surface area contributed by atoms with Gasteiger partial charge in [0.15, 0.2) is 5.65 Å². The van der Waals surface area contributed by atoms with Crippen LogP contribution in [0.25, 0.3) is 5.65 Å². The minimum absolute atomic E-state index is 0.0380. The number of nitrogens with one attached hydrogen (secondary N) is 1. The lowest BCUT2D eigenvalue weighted by Gasteiger charge is -2.32. The monoisotopic (exact) mass is 394 g/mol. The number of amides is 1. The van der Waals surface area contributed by atoms with Gasteiger partial charge in [-0.2, -0.15) is 4.52 Å². The average Bonchev–Trinajstić information content (AvgIpc) is 3.22. The van der Waals surface area contributed by atoms with E-state index in [1.165, 1.54) is 0 Å². The van der Waals surface area contributed by atoms with Crippen molar-refractivity contribution in [3.63, 3.8) is 0 Å². The van der Waals surface area contributed by atoms with E-state index in [9.17, 15) is 9.59 Å². The summed E-state index contributed by atoms with van der Waals surface area (Å²) in [5.41, 5.74) is 1.81. The molecule has 150 valence electrons. The average molecular weight is 394 g/mol. The largest absolute Gasteiger partial charge is 0.462 e. The van der Waals surface area contributed by atoms with E-state index in [4.69, 9.17) is 4.74 Å². The highest BCUT2D eigenvalue weighted by Crippen LogP contribution is 2.23. The van der Waals surface area contributed by atoms with Gasteiger partial charge in [-0.05, 0) is 56.2 Å². The molecule has 0 bridgehead atoms. The van der Waals surface area contributed by atoms with Gasteiger partial charge in [-0.15, -0.1) is 15.3 Å². The molecule has 1 aromatic carbocycles. The molecule has 29 heavy (non-hydrogen) atoms. The molecule has 0 unspecified atom stereocenters. The number of hydrogen-bond acceptors (Lipinski definition) is 7. The van der Waals surface area contributed by atoms with Crippen LogP contribution >= 0.6 is 0 Å². The predicted octanol–water partition coefficient (Wildman–Crippen LogP) is 2.16. The van der Waals surface area contributed by atoms with Crippen molar-refractivity contribution in [3.05, 3.63) is 48.3 Å². The zero-order valence-electron chi connectivity index (χ0n) is 16.1. The fourth-order valence-corrected chi connectivity index (χ4v) is 3.43. The summed E-state index contributed by atoms with van der Waals surface area (Å²) < 4.78 is 6.60. The summed E-state index contributed by atoms with van der Waals surface area (Å²) >= 11 is 0. The molecule has 1 fully saturated rings. The van der Waals surface area contributed by atoms with Crippen LogP contribution in [0.3, 0.4) is 0 Å². The normalized spacial score (nSPS) is 16.6. The van der Waals surface area contributed by atoms with Crippen LogP contribution in [0.15, 0.2) is 42.7 Å². The predicted molar refractivity (Wildman–Crippen MR) is 107 cm³/mol. The van der Waals surface area contributed by atoms with Crippen molar-refractivity contribution in [3.8, 4) is 0 Å². The van der Waals surface area contributed by atoms with Crippen molar-refractivity contribution in [2.24, 2.45) is 5.92 Å². The molecule has 0 saturated carbocycles. The Bertz CT molecular complexity index is 1020. The van der Waals surface area contributed by atoms with Crippen LogP contribution in [-0.4, -0.2) is 51.4 Å². The molecule has 0 aliphatic carbocycles. The number of nitrogens with zero attached hydrogens (tertiary/aromatic N) is 5. The Morgan fingerprint density at radius 2 is 2.03 bits per heavy atom. The molecule has 9 heteroatoms. The zero-order chi connectivity index (χ0) is 20.2. The van der Waals surface area contributed by atoms with Crippen LogP contribution < -0.4 is 10.2 Å². The molecule has 0 radical (unpaired) electrons. The number of fused-ring (bicyclic) bond motifs is 1. The van der Waals surface area contributed by atoms with E-state index in [2.05, 4.69) is 25.5 Å². The molecule has 3 aromatic rings. The molecular formula is C20H22N6O3. The van der Waals surface area contributed by atoms with Gasteiger partial charge in [-0.3, -0.25) is 4.79 Å². The lowest BCUT2D eigenvalue weighted by atomic mass is 9.97. The Morgan fingerprint density at radius 1 is 1.21 bits per heavy atom. The van der Waals surface area contributed by atoms with Crippen molar-refractivity contribution in [2.45, 2.75) is 19.8 Å². The molecule has 3 heterocycles. The highest BCUT2D eigenvalue weighted by Gasteiger charge is 2.27. The maximum absolute atomic E-state index is 12.8. The molecule has 1 atom stereocenters. The third kappa shape index (κ3) is 4.18. The molecule has 4 rings (SSSR count).